The summed E-state index contributed by atoms with van der Waals surface area (Å²) in [5.41, 5.74) is 0.0888. The Balaban J connectivity index is 2.42. The third-order valence-corrected chi connectivity index (χ3v) is 2.81. The van der Waals surface area contributed by atoms with Crippen molar-refractivity contribution < 1.29 is 13.6 Å². The maximum atomic E-state index is 13.6. The molecule has 2 rings (SSSR count). The Morgan fingerprint density at radius 2 is 1.58 bits per heavy atom. The van der Waals surface area contributed by atoms with Gasteiger partial charge in [-0.15, -0.1) is 0 Å². The lowest BCUT2D eigenvalue weighted by atomic mass is 10.1. The van der Waals surface area contributed by atoms with Crippen molar-refractivity contribution in [1.82, 2.24) is 0 Å². The molecule has 1 amide bonds. The Morgan fingerprint density at radius 1 is 1.00 bits per heavy atom. The first-order valence-corrected chi connectivity index (χ1v) is 5.96. The number of hydrogen-bond donors (Lipinski definition) is 0. The van der Waals surface area contributed by atoms with Crippen LogP contribution in [-0.2, 0) is 0 Å². The van der Waals surface area contributed by atoms with Gasteiger partial charge in [0.05, 0.1) is 0 Å². The highest BCUT2D eigenvalue weighted by molar-refractivity contribution is 6.06. The van der Waals surface area contributed by atoms with Gasteiger partial charge >= 0.3 is 0 Å². The van der Waals surface area contributed by atoms with Crippen LogP contribution < -0.4 is 4.90 Å². The fraction of sp³-hybridized carbons (Fsp3) is 0.133. The molecule has 0 spiro atoms. The Hall–Kier alpha value is -2.23. The quantitative estimate of drug-likeness (QED) is 0.826. The molecular weight excluding hydrogens is 248 g/mol. The summed E-state index contributed by atoms with van der Waals surface area (Å²) in [6.07, 6.45) is 0. The predicted molar refractivity (Wildman–Crippen MR) is 70.2 cm³/mol. The maximum Gasteiger partial charge on any atom is 0.264 e. The van der Waals surface area contributed by atoms with Gasteiger partial charge in [-0.25, -0.2) is 8.78 Å². The number of para-hydroxylation sites is 1. The predicted octanol–water partition coefficient (Wildman–Crippen LogP) is 3.63. The number of carbonyl (C=O) groups is 1. The molecular formula is C15H13F2NO. The molecule has 0 heterocycles. The second-order valence-electron chi connectivity index (χ2n) is 3.98. The first kappa shape index (κ1) is 13.2. The zero-order valence-corrected chi connectivity index (χ0v) is 10.4. The summed E-state index contributed by atoms with van der Waals surface area (Å²) >= 11 is 0. The van der Waals surface area contributed by atoms with Crippen molar-refractivity contribution in [2.24, 2.45) is 0 Å². The maximum absolute atomic E-state index is 13.6. The average Bonchev–Trinajstić information content (AvgIpc) is 2.40. The molecule has 0 fully saturated rings. The fourth-order valence-corrected chi connectivity index (χ4v) is 1.89. The van der Waals surface area contributed by atoms with E-state index >= 15 is 0 Å². The van der Waals surface area contributed by atoms with Gasteiger partial charge in [-0.1, -0.05) is 24.3 Å². The number of anilines is 1. The van der Waals surface area contributed by atoms with Gasteiger partial charge in [-0.2, -0.15) is 0 Å². The lowest BCUT2D eigenvalue weighted by molar-refractivity contribution is 0.0980. The minimum atomic E-state index is -0.848. The van der Waals surface area contributed by atoms with Gasteiger partial charge in [0, 0.05) is 12.2 Å². The molecule has 2 nitrogen and oxygen atoms in total. The highest BCUT2D eigenvalue weighted by Gasteiger charge is 2.22. The highest BCUT2D eigenvalue weighted by Crippen LogP contribution is 2.20. The van der Waals surface area contributed by atoms with Gasteiger partial charge in [-0.3, -0.25) is 4.79 Å². The number of hydrogen-bond acceptors (Lipinski definition) is 1. The van der Waals surface area contributed by atoms with E-state index in [0.717, 1.165) is 12.1 Å². The Morgan fingerprint density at radius 3 is 2.11 bits per heavy atom. The normalized spacial score (nSPS) is 10.3. The lowest BCUT2D eigenvalue weighted by Gasteiger charge is -2.21. The Kier molecular flexibility index (Phi) is 3.90. The number of amides is 1. The molecule has 0 aromatic heterocycles. The molecule has 0 aliphatic carbocycles. The molecule has 19 heavy (non-hydrogen) atoms. The van der Waals surface area contributed by atoms with Crippen molar-refractivity contribution in [2.45, 2.75) is 6.92 Å². The molecule has 0 radical (unpaired) electrons. The standard InChI is InChI=1S/C15H13F2NO/c1-2-18(11-7-4-3-5-8-11)15(19)14-12(16)9-6-10-13(14)17/h3-10H,2H2,1H3. The summed E-state index contributed by atoms with van der Waals surface area (Å²) in [5, 5.41) is 0. The molecule has 4 heteroatoms. The summed E-state index contributed by atoms with van der Waals surface area (Å²) in [6.45, 7) is 2.08. The second kappa shape index (κ2) is 5.61. The van der Waals surface area contributed by atoms with Crippen molar-refractivity contribution >= 4 is 11.6 Å². The van der Waals surface area contributed by atoms with Gasteiger partial charge in [-0.05, 0) is 31.2 Å². The van der Waals surface area contributed by atoms with Crippen LogP contribution in [0, 0.1) is 11.6 Å². The van der Waals surface area contributed by atoms with E-state index in [1.54, 1.807) is 31.2 Å². The van der Waals surface area contributed by atoms with Crippen LogP contribution >= 0.6 is 0 Å². The lowest BCUT2D eigenvalue weighted by Crippen LogP contribution is -2.32. The first-order chi connectivity index (χ1) is 9.15. The minimum absolute atomic E-state index is 0.330. The van der Waals surface area contributed by atoms with Crippen LogP contribution in [0.4, 0.5) is 14.5 Å². The summed E-state index contributed by atoms with van der Waals surface area (Å²) in [7, 11) is 0. The molecule has 2 aromatic rings. The monoisotopic (exact) mass is 261 g/mol. The van der Waals surface area contributed by atoms with Crippen LogP contribution in [-0.4, -0.2) is 12.5 Å². The van der Waals surface area contributed by atoms with Crippen molar-refractivity contribution in [3.8, 4) is 0 Å². The van der Waals surface area contributed by atoms with E-state index in [4.69, 9.17) is 0 Å². The number of rotatable bonds is 3. The fourth-order valence-electron chi connectivity index (χ4n) is 1.89. The van der Waals surface area contributed by atoms with E-state index in [-0.39, 0.29) is 0 Å². The van der Waals surface area contributed by atoms with E-state index in [0.29, 0.717) is 12.2 Å². The van der Waals surface area contributed by atoms with Crippen LogP contribution in [0.15, 0.2) is 48.5 Å². The van der Waals surface area contributed by atoms with Gasteiger partial charge in [0.25, 0.3) is 5.91 Å². The smallest absolute Gasteiger partial charge is 0.264 e. The second-order valence-corrected chi connectivity index (χ2v) is 3.98. The average molecular weight is 261 g/mol. The van der Waals surface area contributed by atoms with Crippen LogP contribution in [0.2, 0.25) is 0 Å². The molecule has 2 aromatic carbocycles. The molecule has 0 aliphatic heterocycles. The number of nitrogens with zero attached hydrogens (tertiary/aromatic N) is 1. The zero-order chi connectivity index (χ0) is 13.8. The number of benzene rings is 2. The van der Waals surface area contributed by atoms with Crippen molar-refractivity contribution in [3.63, 3.8) is 0 Å². The van der Waals surface area contributed by atoms with Gasteiger partial charge in [0.2, 0.25) is 0 Å². The van der Waals surface area contributed by atoms with E-state index in [2.05, 4.69) is 0 Å². The van der Waals surface area contributed by atoms with Gasteiger partial charge < -0.3 is 4.90 Å². The van der Waals surface area contributed by atoms with Crippen LogP contribution in [0.1, 0.15) is 17.3 Å². The molecule has 0 saturated carbocycles. The molecule has 0 N–H and O–H groups in total. The van der Waals surface area contributed by atoms with Crippen LogP contribution in [0.25, 0.3) is 0 Å². The molecule has 0 bridgehead atoms. The minimum Gasteiger partial charge on any atom is -0.308 e. The Labute approximate surface area is 110 Å². The molecule has 98 valence electrons. The summed E-state index contributed by atoms with van der Waals surface area (Å²) in [4.78, 5) is 13.6. The summed E-state index contributed by atoms with van der Waals surface area (Å²) in [6, 6.07) is 12.2. The molecule has 0 saturated heterocycles. The molecule has 0 unspecified atom stereocenters. The zero-order valence-electron chi connectivity index (χ0n) is 10.4. The SMILES string of the molecule is CCN(C(=O)c1c(F)cccc1F)c1ccccc1. The number of carbonyl (C=O) groups excluding carboxylic acids is 1. The third-order valence-electron chi connectivity index (χ3n) is 2.81. The van der Waals surface area contributed by atoms with Gasteiger partial charge in [0.15, 0.2) is 0 Å². The largest absolute Gasteiger partial charge is 0.308 e. The Bertz CT molecular complexity index is 564. The molecule has 0 atom stereocenters. The summed E-state index contributed by atoms with van der Waals surface area (Å²) < 4.78 is 27.3. The van der Waals surface area contributed by atoms with Crippen molar-refractivity contribution in [2.75, 3.05) is 11.4 Å². The van der Waals surface area contributed by atoms with Crippen LogP contribution in [0.3, 0.4) is 0 Å². The summed E-state index contributed by atoms with van der Waals surface area (Å²) in [5.74, 6) is -2.37. The van der Waals surface area contributed by atoms with Crippen molar-refractivity contribution in [3.05, 3.63) is 65.7 Å². The van der Waals surface area contributed by atoms with E-state index in [1.807, 2.05) is 6.07 Å². The van der Waals surface area contributed by atoms with Crippen LogP contribution in [0.5, 0.6) is 0 Å². The highest BCUT2D eigenvalue weighted by atomic mass is 19.1. The number of halogens is 2. The molecule has 0 aliphatic rings. The van der Waals surface area contributed by atoms with E-state index < -0.39 is 23.1 Å². The van der Waals surface area contributed by atoms with Crippen molar-refractivity contribution in [1.29, 1.82) is 0 Å². The van der Waals surface area contributed by atoms with E-state index in [1.165, 1.54) is 11.0 Å². The topological polar surface area (TPSA) is 20.3 Å². The first-order valence-electron chi connectivity index (χ1n) is 5.96. The third kappa shape index (κ3) is 2.62. The van der Waals surface area contributed by atoms with E-state index in [9.17, 15) is 13.6 Å². The van der Waals surface area contributed by atoms with Gasteiger partial charge in [0.1, 0.15) is 17.2 Å².